The number of carbonyl (C=O) groups excluding carboxylic acids is 2. The van der Waals surface area contributed by atoms with E-state index in [2.05, 4.69) is 27.1 Å². The number of aldehydes is 1. The number of nitrogens with one attached hydrogen (secondary N) is 2. The van der Waals surface area contributed by atoms with E-state index in [0.29, 0.717) is 55.8 Å². The van der Waals surface area contributed by atoms with Crippen LogP contribution in [0.4, 0.5) is 5.69 Å². The minimum absolute atomic E-state index is 0.0315. The summed E-state index contributed by atoms with van der Waals surface area (Å²) in [5.41, 5.74) is 3.37. The van der Waals surface area contributed by atoms with Gasteiger partial charge >= 0.3 is 0 Å². The number of hydrogen-bond acceptors (Lipinski definition) is 9. The zero-order valence-corrected chi connectivity index (χ0v) is 30.0. The molecule has 2 fully saturated rings. The fraction of sp³-hybridized carbons (Fsp3) is 0.622. The number of aliphatic hydroxyl groups excluding tert-OH is 2. The molecular formula is C37H50ClN3O7S. The van der Waals surface area contributed by atoms with Crippen LogP contribution < -0.4 is 19.7 Å². The van der Waals surface area contributed by atoms with Gasteiger partial charge in [-0.2, -0.15) is 0 Å². The predicted octanol–water partition coefficient (Wildman–Crippen LogP) is 4.23. The Balaban J connectivity index is 0.000000531. The van der Waals surface area contributed by atoms with Crippen molar-refractivity contribution < 1.29 is 33.0 Å². The fourth-order valence-electron chi connectivity index (χ4n) is 8.45. The van der Waals surface area contributed by atoms with E-state index < -0.39 is 33.4 Å². The summed E-state index contributed by atoms with van der Waals surface area (Å²) in [6, 6.07) is 11.4. The number of sulfonamides is 1. The van der Waals surface area contributed by atoms with Gasteiger partial charge in [0.2, 0.25) is 10.0 Å². The molecule has 49 heavy (non-hydrogen) atoms. The van der Waals surface area contributed by atoms with Crippen LogP contribution in [0, 0.1) is 23.7 Å². The summed E-state index contributed by atoms with van der Waals surface area (Å²) in [5, 5.41) is 20.2. The van der Waals surface area contributed by atoms with Gasteiger partial charge in [-0.3, -0.25) is 4.79 Å². The van der Waals surface area contributed by atoms with E-state index >= 15 is 0 Å². The molecule has 4 N–H and O–H groups in total. The molecule has 3 heterocycles. The molecule has 1 saturated carbocycles. The van der Waals surface area contributed by atoms with Gasteiger partial charge in [0.25, 0.3) is 5.91 Å². The minimum Gasteiger partial charge on any atom is -0.490 e. The molecule has 2 aliphatic carbocycles. The first-order valence-electron chi connectivity index (χ1n) is 17.8. The number of β-amino-alcohol motifs (C(OH)–C–C–N with tert-alkyl or cyclic N) is 2. The Morgan fingerprint density at radius 3 is 2.47 bits per heavy atom. The highest BCUT2D eigenvalue weighted by Crippen LogP contribution is 2.47. The zero-order valence-electron chi connectivity index (χ0n) is 28.4. The summed E-state index contributed by atoms with van der Waals surface area (Å²) in [4.78, 5) is 28.0. The topological polar surface area (TPSA) is 145 Å². The number of benzene rings is 2. The molecule has 2 aromatic carbocycles. The Morgan fingerprint density at radius 1 is 1.02 bits per heavy atom. The van der Waals surface area contributed by atoms with E-state index in [1.54, 1.807) is 25.1 Å². The van der Waals surface area contributed by atoms with Gasteiger partial charge in [-0.15, -0.1) is 0 Å². The summed E-state index contributed by atoms with van der Waals surface area (Å²) >= 11 is 6.39. The van der Waals surface area contributed by atoms with Crippen molar-refractivity contribution in [3.63, 3.8) is 0 Å². The first-order valence-corrected chi connectivity index (χ1v) is 19.7. The van der Waals surface area contributed by atoms with Gasteiger partial charge in [0.15, 0.2) is 0 Å². The van der Waals surface area contributed by atoms with Gasteiger partial charge in [0.05, 0.1) is 29.8 Å². The van der Waals surface area contributed by atoms with Crippen LogP contribution in [0.3, 0.4) is 0 Å². The molecule has 0 aromatic heterocycles. The van der Waals surface area contributed by atoms with E-state index in [-0.39, 0.29) is 17.3 Å². The zero-order chi connectivity index (χ0) is 34.9. The summed E-state index contributed by atoms with van der Waals surface area (Å²) in [6.07, 6.45) is 7.35. The lowest BCUT2D eigenvalue weighted by Gasteiger charge is -2.46. The summed E-state index contributed by atoms with van der Waals surface area (Å²) in [5.74, 6) is 0.559. The van der Waals surface area contributed by atoms with Crippen LogP contribution in [-0.4, -0.2) is 81.1 Å². The molecule has 2 bridgehead atoms. The van der Waals surface area contributed by atoms with Crippen molar-refractivity contribution in [2.75, 3.05) is 37.7 Å². The Bertz CT molecular complexity index is 1630. The SMILES string of the molecule is C[C@@H]1[C@@H](C)CCCC(C=O)[C@@H]2CC[C@H]2CN2C[C@@]3(CCCc4cc(Cl)ccc43)COc3ccc(cc32)C(=O)NS1(=O)=O.O[C@@H]1CNC[C@@H]1O. The van der Waals surface area contributed by atoms with E-state index in [1.165, 1.54) is 11.1 Å². The highest BCUT2D eigenvalue weighted by molar-refractivity contribution is 7.90. The number of anilines is 1. The summed E-state index contributed by atoms with van der Waals surface area (Å²) in [7, 11) is -3.89. The number of halogens is 1. The Morgan fingerprint density at radius 2 is 1.80 bits per heavy atom. The fourth-order valence-corrected chi connectivity index (χ4v) is 9.96. The molecule has 3 aliphatic heterocycles. The largest absolute Gasteiger partial charge is 0.490 e. The van der Waals surface area contributed by atoms with Crippen LogP contribution in [-0.2, 0) is 26.7 Å². The van der Waals surface area contributed by atoms with Gasteiger partial charge in [-0.1, -0.05) is 31.0 Å². The predicted molar refractivity (Wildman–Crippen MR) is 190 cm³/mol. The number of rotatable bonds is 1. The van der Waals surface area contributed by atoms with Gasteiger partial charge in [-0.25, -0.2) is 13.1 Å². The molecule has 0 radical (unpaired) electrons. The monoisotopic (exact) mass is 715 g/mol. The molecule has 5 aliphatic rings. The van der Waals surface area contributed by atoms with Crippen molar-refractivity contribution in [3.05, 3.63) is 58.1 Å². The molecule has 1 spiro atoms. The highest BCUT2D eigenvalue weighted by atomic mass is 35.5. The van der Waals surface area contributed by atoms with Crippen LogP contribution in [0.2, 0.25) is 5.02 Å². The van der Waals surface area contributed by atoms with E-state index in [1.807, 2.05) is 13.0 Å². The second-order valence-electron chi connectivity index (χ2n) is 15.0. The normalized spacial score (nSPS) is 34.1. The molecule has 1 amide bonds. The number of carbonyl (C=O) groups is 2. The van der Waals surface area contributed by atoms with Crippen LogP contribution in [0.5, 0.6) is 5.75 Å². The van der Waals surface area contributed by atoms with Crippen molar-refractivity contribution in [2.45, 2.75) is 88.1 Å². The first kappa shape index (κ1) is 36.1. The lowest BCUT2D eigenvalue weighted by atomic mass is 9.65. The maximum atomic E-state index is 13.3. The highest BCUT2D eigenvalue weighted by Gasteiger charge is 2.44. The van der Waals surface area contributed by atoms with Crippen LogP contribution in [0.15, 0.2) is 36.4 Å². The van der Waals surface area contributed by atoms with Crippen molar-refractivity contribution in [1.82, 2.24) is 10.0 Å². The number of hydrogen-bond donors (Lipinski definition) is 4. The number of aryl methyl sites for hydroxylation is 1. The molecule has 7 rings (SSSR count). The number of aliphatic hydroxyl groups is 2. The molecule has 2 aromatic rings. The Hall–Kier alpha value is -2.70. The van der Waals surface area contributed by atoms with Crippen LogP contribution in [0.1, 0.15) is 80.3 Å². The number of ether oxygens (including phenoxy) is 1. The Kier molecular flexibility index (Phi) is 11.0. The van der Waals surface area contributed by atoms with Crippen molar-refractivity contribution in [3.8, 4) is 5.75 Å². The maximum absolute atomic E-state index is 13.3. The van der Waals surface area contributed by atoms with E-state index in [9.17, 15) is 18.0 Å². The average Bonchev–Trinajstić information content (AvgIpc) is 3.37. The van der Waals surface area contributed by atoms with E-state index in [0.717, 1.165) is 68.5 Å². The van der Waals surface area contributed by atoms with Crippen molar-refractivity contribution in [2.24, 2.45) is 23.7 Å². The molecule has 1 saturated heterocycles. The maximum Gasteiger partial charge on any atom is 0.264 e. The smallest absolute Gasteiger partial charge is 0.264 e. The summed E-state index contributed by atoms with van der Waals surface area (Å²) in [6.45, 7) is 6.59. The van der Waals surface area contributed by atoms with Gasteiger partial charge in [-0.05, 0) is 111 Å². The standard InChI is InChI=1S/C33H41ClN2O5S.C4H9NO2/c1-21-5-3-6-26(18-37)28-11-8-25(28)17-36-19-33(14-4-7-23-15-27(34)10-12-29(23)33)20-41-31-13-9-24(16-30(31)36)32(38)35-42(39,40)22(21)2;6-3-1-5-2-4(3)7/h9-10,12-13,15-16,18,21-22,25-26,28H,3-8,11,14,17,19-20H2,1-2H3,(H,35,38);3-7H,1-2H2/t21-,22+,25-,26?,28+,33-;3-,4+/m0./s1. The second-order valence-corrected chi connectivity index (χ2v) is 17.4. The molecule has 10 nitrogen and oxygen atoms in total. The van der Waals surface area contributed by atoms with Crippen LogP contribution in [0.25, 0.3) is 0 Å². The molecule has 1 unspecified atom stereocenters. The molecular weight excluding hydrogens is 666 g/mol. The van der Waals surface area contributed by atoms with Gasteiger partial charge < -0.3 is 30.0 Å². The molecule has 8 atom stereocenters. The van der Waals surface area contributed by atoms with Gasteiger partial charge in [0, 0.05) is 48.1 Å². The van der Waals surface area contributed by atoms with Crippen LogP contribution >= 0.6 is 11.6 Å². The molecule has 268 valence electrons. The third kappa shape index (κ3) is 7.66. The average molecular weight is 716 g/mol. The third-order valence-electron chi connectivity index (χ3n) is 11.8. The third-order valence-corrected chi connectivity index (χ3v) is 14.0. The number of amides is 1. The lowest BCUT2D eigenvalue weighted by Crippen LogP contribution is -2.49. The lowest BCUT2D eigenvalue weighted by molar-refractivity contribution is -0.115. The van der Waals surface area contributed by atoms with Crippen molar-refractivity contribution in [1.29, 1.82) is 0 Å². The quantitative estimate of drug-likeness (QED) is 0.319. The van der Waals surface area contributed by atoms with Crippen molar-refractivity contribution >= 4 is 39.5 Å². The minimum atomic E-state index is -3.89. The summed E-state index contributed by atoms with van der Waals surface area (Å²) < 4.78 is 35.3. The molecule has 12 heteroatoms. The number of nitrogens with zero attached hydrogens (tertiary/aromatic N) is 1. The van der Waals surface area contributed by atoms with E-state index in [4.69, 9.17) is 26.6 Å². The van der Waals surface area contributed by atoms with Gasteiger partial charge in [0.1, 0.15) is 12.0 Å². The number of fused-ring (bicyclic) bond motifs is 4. The first-order chi connectivity index (χ1) is 23.4. The Labute approximate surface area is 295 Å². The second kappa shape index (κ2) is 14.9.